The van der Waals surface area contributed by atoms with Crippen LogP contribution in [-0.2, 0) is 4.79 Å². The van der Waals surface area contributed by atoms with Gasteiger partial charge in [0.15, 0.2) is 0 Å². The second kappa shape index (κ2) is 1.11. The van der Waals surface area contributed by atoms with E-state index in [0.29, 0.717) is 0 Å². The van der Waals surface area contributed by atoms with Crippen molar-refractivity contribution in [3.8, 4) is 0 Å². The van der Waals surface area contributed by atoms with Gasteiger partial charge < -0.3 is 5.21 Å². The average Bonchev–Trinajstić information content (AvgIpc) is 1.91. The lowest BCUT2D eigenvalue weighted by molar-refractivity contribution is -0.438. The van der Waals surface area contributed by atoms with E-state index in [1.807, 2.05) is 0 Å². The normalized spacial score (nSPS) is 17.7. The first-order chi connectivity index (χ1) is 3.30. The second-order valence-electron chi connectivity index (χ2n) is 0.945. The van der Waals surface area contributed by atoms with Crippen LogP contribution in [0.3, 0.4) is 0 Å². The molecular formula is C2HN3O2. The molecular weight excluding hydrogens is 98.0 g/mol. The molecule has 0 unspecified atom stereocenters. The van der Waals surface area contributed by atoms with Crippen LogP contribution in [0, 0.1) is 5.21 Å². The molecule has 7 heavy (non-hydrogen) atoms. The van der Waals surface area contributed by atoms with Crippen molar-refractivity contribution in [2.24, 2.45) is 10.3 Å². The van der Waals surface area contributed by atoms with Crippen LogP contribution < -0.4 is 0 Å². The summed E-state index contributed by atoms with van der Waals surface area (Å²) in [6.45, 7) is 0. The van der Waals surface area contributed by atoms with Gasteiger partial charge in [-0.1, -0.05) is 4.86 Å². The molecule has 0 fully saturated rings. The van der Waals surface area contributed by atoms with Crippen LogP contribution in [0.15, 0.2) is 10.3 Å². The van der Waals surface area contributed by atoms with E-state index in [4.69, 9.17) is 0 Å². The van der Waals surface area contributed by atoms with E-state index in [1.165, 1.54) is 0 Å². The molecule has 36 valence electrons. The largest absolute Gasteiger partial charge is 0.688 e. The van der Waals surface area contributed by atoms with Crippen LogP contribution in [0.25, 0.3) is 0 Å². The fourth-order valence-corrected chi connectivity index (χ4v) is 0.216. The predicted molar refractivity (Wildman–Crippen MR) is 19.6 cm³/mol. The minimum Gasteiger partial charge on any atom is -0.688 e. The third-order valence-electron chi connectivity index (χ3n) is 0.490. The van der Waals surface area contributed by atoms with Crippen molar-refractivity contribution in [2.75, 3.05) is 0 Å². The zero-order chi connectivity index (χ0) is 5.28. The summed E-state index contributed by atoms with van der Waals surface area (Å²) < 4.78 is 0. The Hall–Kier alpha value is -1.26. The minimum atomic E-state index is -0.722. The SMILES string of the molecule is O=C1C=NN=[N+]1[O-]. The summed E-state index contributed by atoms with van der Waals surface area (Å²) >= 11 is 0. The Bertz CT molecular complexity index is 158. The third-order valence-corrected chi connectivity index (χ3v) is 0.490. The van der Waals surface area contributed by atoms with Gasteiger partial charge in [-0.15, -0.1) is 0 Å². The fourth-order valence-electron chi connectivity index (χ4n) is 0.216. The molecule has 0 bridgehead atoms. The minimum absolute atomic E-state index is 0.0833. The Labute approximate surface area is 38.5 Å². The number of rotatable bonds is 0. The van der Waals surface area contributed by atoms with Crippen molar-refractivity contribution in [2.45, 2.75) is 0 Å². The second-order valence-corrected chi connectivity index (χ2v) is 0.945. The van der Waals surface area contributed by atoms with E-state index in [0.717, 1.165) is 6.21 Å². The number of amides is 1. The number of hydrogen-bond acceptors (Lipinski definition) is 4. The lowest BCUT2D eigenvalue weighted by Gasteiger charge is -1.87. The fraction of sp³-hybridized carbons (Fsp3) is 0. The topological polar surface area (TPSA) is 67.9 Å². The molecule has 1 aliphatic rings. The van der Waals surface area contributed by atoms with E-state index >= 15 is 0 Å². The molecule has 0 saturated carbocycles. The molecule has 1 heterocycles. The average molecular weight is 99.0 g/mol. The number of carbonyl (C=O) groups excluding carboxylic acids is 1. The molecule has 5 nitrogen and oxygen atoms in total. The van der Waals surface area contributed by atoms with E-state index < -0.39 is 5.91 Å². The maximum atomic E-state index is 9.94. The van der Waals surface area contributed by atoms with Gasteiger partial charge in [0.25, 0.3) is 6.21 Å². The molecule has 1 aliphatic heterocycles. The maximum absolute atomic E-state index is 9.94. The molecule has 1 amide bonds. The van der Waals surface area contributed by atoms with Gasteiger partial charge in [-0.25, -0.2) is 4.79 Å². The third kappa shape index (κ3) is 0.466. The van der Waals surface area contributed by atoms with Gasteiger partial charge in [0.2, 0.25) is 0 Å². The molecule has 0 radical (unpaired) electrons. The Kier molecular flexibility index (Phi) is 0.619. The van der Waals surface area contributed by atoms with Crippen LogP contribution in [0.5, 0.6) is 0 Å². The first kappa shape index (κ1) is 3.91. The van der Waals surface area contributed by atoms with E-state index in [-0.39, 0.29) is 4.86 Å². The molecule has 5 heteroatoms. The van der Waals surface area contributed by atoms with Crippen molar-refractivity contribution in [3.05, 3.63) is 5.21 Å². The highest BCUT2D eigenvalue weighted by Crippen LogP contribution is 1.84. The summed E-state index contributed by atoms with van der Waals surface area (Å²) in [6.07, 6.45) is 0.854. The van der Waals surface area contributed by atoms with Crippen molar-refractivity contribution < 1.29 is 9.66 Å². The standard InChI is InChI=1S/C2HN3O2/c6-2-1-3-4-5(2)7/h1H. The monoisotopic (exact) mass is 99.0 g/mol. The predicted octanol–water partition coefficient (Wildman–Crippen LogP) is -0.525. The summed E-state index contributed by atoms with van der Waals surface area (Å²) in [5.41, 5.74) is 0. The van der Waals surface area contributed by atoms with E-state index in [1.54, 1.807) is 0 Å². The van der Waals surface area contributed by atoms with Crippen LogP contribution in [0.1, 0.15) is 0 Å². The number of hydroxylamine groups is 1. The van der Waals surface area contributed by atoms with Crippen LogP contribution in [-0.4, -0.2) is 17.0 Å². The van der Waals surface area contributed by atoms with Gasteiger partial charge in [-0.2, -0.15) is 0 Å². The molecule has 0 atom stereocenters. The molecule has 0 N–H and O–H groups in total. The van der Waals surface area contributed by atoms with Gasteiger partial charge in [0.1, 0.15) is 5.22 Å². The van der Waals surface area contributed by atoms with Crippen LogP contribution in [0.2, 0.25) is 0 Å². The Morgan fingerprint density at radius 3 is 2.71 bits per heavy atom. The summed E-state index contributed by atoms with van der Waals surface area (Å²) in [7, 11) is 0. The van der Waals surface area contributed by atoms with E-state index in [9.17, 15) is 10.0 Å². The summed E-state index contributed by atoms with van der Waals surface area (Å²) in [6, 6.07) is 0. The van der Waals surface area contributed by atoms with Crippen molar-refractivity contribution in [3.63, 3.8) is 0 Å². The van der Waals surface area contributed by atoms with Crippen LogP contribution >= 0.6 is 0 Å². The Morgan fingerprint density at radius 2 is 2.57 bits per heavy atom. The molecule has 0 aromatic heterocycles. The van der Waals surface area contributed by atoms with Crippen LogP contribution in [0.4, 0.5) is 0 Å². The zero-order valence-corrected chi connectivity index (χ0v) is 3.24. The molecule has 1 rings (SSSR count). The molecule has 0 spiro atoms. The Balaban J connectivity index is 2.89. The van der Waals surface area contributed by atoms with Crippen molar-refractivity contribution in [1.29, 1.82) is 0 Å². The highest BCUT2D eigenvalue weighted by Gasteiger charge is 2.11. The first-order valence-electron chi connectivity index (χ1n) is 1.56. The first-order valence-corrected chi connectivity index (χ1v) is 1.56. The highest BCUT2D eigenvalue weighted by molar-refractivity contribution is 6.22. The van der Waals surface area contributed by atoms with E-state index in [2.05, 4.69) is 10.3 Å². The molecule has 0 saturated heterocycles. The molecule has 0 aliphatic carbocycles. The van der Waals surface area contributed by atoms with Gasteiger partial charge in [0, 0.05) is 0 Å². The summed E-state index contributed by atoms with van der Waals surface area (Å²) in [4.78, 5) is 9.86. The number of carbonyl (C=O) groups is 1. The zero-order valence-electron chi connectivity index (χ0n) is 3.24. The molecule has 0 aromatic carbocycles. The lowest BCUT2D eigenvalue weighted by Crippen LogP contribution is -2.07. The van der Waals surface area contributed by atoms with Crippen molar-refractivity contribution >= 4 is 12.1 Å². The van der Waals surface area contributed by atoms with Gasteiger partial charge in [0.05, 0.1) is 5.10 Å². The quantitative estimate of drug-likeness (QED) is 0.302. The molecule has 0 aromatic rings. The summed E-state index contributed by atoms with van der Waals surface area (Å²) in [5, 5.41) is 15.7. The smallest absolute Gasteiger partial charge is 0.404 e. The summed E-state index contributed by atoms with van der Waals surface area (Å²) in [5.74, 6) is -0.722. The Morgan fingerprint density at radius 1 is 1.86 bits per heavy atom. The maximum Gasteiger partial charge on any atom is 0.404 e. The van der Waals surface area contributed by atoms with Gasteiger partial charge in [-0.3, -0.25) is 0 Å². The number of hydrogen-bond donors (Lipinski definition) is 0. The number of nitrogens with zero attached hydrogens (tertiary/aromatic N) is 3. The van der Waals surface area contributed by atoms with Gasteiger partial charge >= 0.3 is 5.91 Å². The lowest BCUT2D eigenvalue weighted by atomic mass is 10.7. The van der Waals surface area contributed by atoms with Gasteiger partial charge in [-0.05, 0) is 0 Å². The highest BCUT2D eigenvalue weighted by atomic mass is 16.5. The van der Waals surface area contributed by atoms with Crippen molar-refractivity contribution in [1.82, 2.24) is 0 Å².